The summed E-state index contributed by atoms with van der Waals surface area (Å²) in [6.07, 6.45) is 0. The largest absolute Gasteiger partial charge is 0.259 e. The number of hydrogen-bond donors (Lipinski definition) is 0. The molecule has 7 rings (SSSR count). The third-order valence-electron chi connectivity index (χ3n) is 5.03. The monoisotopic (exact) mass is 456 g/mol. The van der Waals surface area contributed by atoms with E-state index in [1.807, 2.05) is 72.8 Å². The van der Waals surface area contributed by atoms with Crippen LogP contribution >= 0.6 is 0 Å². The highest BCUT2D eigenvalue weighted by Crippen LogP contribution is 2.17. The summed E-state index contributed by atoms with van der Waals surface area (Å²) in [6, 6.07) is 23.8. The van der Waals surface area contributed by atoms with Gasteiger partial charge >= 0.3 is 0 Å². The summed E-state index contributed by atoms with van der Waals surface area (Å²) in [5, 5.41) is 0. The van der Waals surface area contributed by atoms with Crippen molar-refractivity contribution in [1.82, 2.24) is 0 Å². The van der Waals surface area contributed by atoms with E-state index in [0.29, 0.717) is 34.5 Å². The van der Waals surface area contributed by atoms with Crippen LogP contribution in [0.4, 0.5) is 0 Å². The van der Waals surface area contributed by atoms with Crippen LogP contribution in [0.2, 0.25) is 0 Å². The Morgan fingerprint density at radius 1 is 0.333 bits per heavy atom. The van der Waals surface area contributed by atoms with Crippen LogP contribution in [0.3, 0.4) is 0 Å². The van der Waals surface area contributed by atoms with Crippen LogP contribution < -0.4 is 0 Å². The lowest BCUT2D eigenvalue weighted by Gasteiger charge is -2.06. The first-order chi connectivity index (χ1) is 14.5. The molecular weight excluding hydrogens is 432 g/mol. The minimum absolute atomic E-state index is 0.501. The van der Waals surface area contributed by atoms with Crippen molar-refractivity contribution in [2.45, 2.75) is 34.5 Å². The molecular formula is C24H24O3S3. The topological polar surface area (TPSA) is 51.2 Å². The van der Waals surface area contributed by atoms with Gasteiger partial charge in [-0.2, -0.15) is 0 Å². The fourth-order valence-electron chi connectivity index (χ4n) is 3.46. The third-order valence-corrected chi connectivity index (χ3v) is 8.97. The fraction of sp³-hybridized carbons (Fsp3) is 0.250. The summed E-state index contributed by atoms with van der Waals surface area (Å²) in [7, 11) is -3.00. The van der Waals surface area contributed by atoms with E-state index in [-0.39, 0.29) is 0 Å². The molecule has 0 N–H and O–H groups in total. The van der Waals surface area contributed by atoms with Gasteiger partial charge in [-0.15, -0.1) is 0 Å². The number of benzene rings is 3. The smallest absolute Gasteiger partial charge is 0.0489 e. The minimum Gasteiger partial charge on any atom is -0.259 e. The summed E-state index contributed by atoms with van der Waals surface area (Å²) in [5.74, 6) is 3.01. The van der Waals surface area contributed by atoms with Crippen LogP contribution in [0, 0.1) is 0 Å². The molecule has 6 bridgehead atoms. The van der Waals surface area contributed by atoms with Gasteiger partial charge in [0, 0.05) is 66.9 Å². The molecule has 0 saturated carbocycles. The summed E-state index contributed by atoms with van der Waals surface area (Å²) in [5.41, 5.74) is 6.15. The molecule has 0 spiro atoms. The van der Waals surface area contributed by atoms with Crippen LogP contribution in [0.15, 0.2) is 72.8 Å². The highest BCUT2D eigenvalue weighted by Gasteiger charge is 2.09. The van der Waals surface area contributed by atoms with E-state index in [9.17, 15) is 12.6 Å². The van der Waals surface area contributed by atoms with Crippen molar-refractivity contribution in [3.05, 3.63) is 106 Å². The molecule has 30 heavy (non-hydrogen) atoms. The molecule has 0 unspecified atom stereocenters. The molecule has 4 aliphatic heterocycles. The van der Waals surface area contributed by atoms with Crippen molar-refractivity contribution in [2.75, 3.05) is 0 Å². The zero-order valence-corrected chi connectivity index (χ0v) is 19.1. The quantitative estimate of drug-likeness (QED) is 0.505. The van der Waals surface area contributed by atoms with Crippen LogP contribution in [-0.2, 0) is 66.9 Å². The first-order valence-corrected chi connectivity index (χ1v) is 14.3. The van der Waals surface area contributed by atoms with Crippen LogP contribution in [0.5, 0.6) is 0 Å². The summed E-state index contributed by atoms with van der Waals surface area (Å²) < 4.78 is 37.7. The Morgan fingerprint density at radius 2 is 0.467 bits per heavy atom. The standard InChI is InChI=1S/C24H24O3S3/c25-28-13-19-1-2-20(4-3-19)14-29(26)16-22-9-11-24(12-10-22)18-30(27)17-23-7-5-21(15-28)6-8-23/h1-12H,13-18H2. The van der Waals surface area contributed by atoms with Gasteiger partial charge in [-0.25, -0.2) is 0 Å². The van der Waals surface area contributed by atoms with Gasteiger partial charge in [0.2, 0.25) is 0 Å². The lowest BCUT2D eigenvalue weighted by molar-refractivity contribution is 0.681. The average Bonchev–Trinajstić information content (AvgIpc) is 2.72. The van der Waals surface area contributed by atoms with E-state index in [1.54, 1.807) is 0 Å². The zero-order chi connectivity index (χ0) is 20.9. The summed E-state index contributed by atoms with van der Waals surface area (Å²) in [4.78, 5) is 0. The maximum Gasteiger partial charge on any atom is 0.0489 e. The maximum absolute atomic E-state index is 12.6. The molecule has 4 aliphatic rings. The molecule has 0 radical (unpaired) electrons. The highest BCUT2D eigenvalue weighted by molar-refractivity contribution is 7.83. The van der Waals surface area contributed by atoms with E-state index >= 15 is 0 Å². The van der Waals surface area contributed by atoms with Gasteiger partial charge in [0.25, 0.3) is 0 Å². The second kappa shape index (κ2) is 9.94. The van der Waals surface area contributed by atoms with Crippen molar-refractivity contribution >= 4 is 32.4 Å². The van der Waals surface area contributed by atoms with Gasteiger partial charge in [0.05, 0.1) is 0 Å². The molecule has 0 fully saturated rings. The Kier molecular flexibility index (Phi) is 7.08. The number of fused-ring (bicyclic) bond motifs is 3. The molecule has 3 aromatic carbocycles. The molecule has 0 aromatic heterocycles. The van der Waals surface area contributed by atoms with E-state index in [2.05, 4.69) is 0 Å². The Labute approximate surface area is 185 Å². The van der Waals surface area contributed by atoms with Crippen molar-refractivity contribution in [2.24, 2.45) is 0 Å². The third kappa shape index (κ3) is 6.06. The zero-order valence-electron chi connectivity index (χ0n) is 16.6. The Bertz CT molecular complexity index is 850. The molecule has 3 aromatic rings. The minimum atomic E-state index is -0.999. The van der Waals surface area contributed by atoms with Crippen molar-refractivity contribution in [1.29, 1.82) is 0 Å². The normalized spacial score (nSPS) is 22.6. The highest BCUT2D eigenvalue weighted by atomic mass is 32.2. The Morgan fingerprint density at radius 3 is 0.600 bits per heavy atom. The average molecular weight is 457 g/mol. The van der Waals surface area contributed by atoms with E-state index in [1.165, 1.54) is 0 Å². The van der Waals surface area contributed by atoms with Gasteiger partial charge in [0.15, 0.2) is 0 Å². The van der Waals surface area contributed by atoms with Gasteiger partial charge < -0.3 is 0 Å². The van der Waals surface area contributed by atoms with Gasteiger partial charge in [-0.05, 0) is 33.4 Å². The van der Waals surface area contributed by atoms with E-state index in [0.717, 1.165) is 33.4 Å². The molecule has 3 nitrogen and oxygen atoms in total. The van der Waals surface area contributed by atoms with E-state index < -0.39 is 32.4 Å². The Balaban J connectivity index is 1.59. The summed E-state index contributed by atoms with van der Waals surface area (Å²) >= 11 is 0. The van der Waals surface area contributed by atoms with Crippen LogP contribution in [0.1, 0.15) is 33.4 Å². The molecule has 4 heterocycles. The molecule has 0 atom stereocenters. The summed E-state index contributed by atoms with van der Waals surface area (Å²) in [6.45, 7) is 0. The lowest BCUT2D eigenvalue weighted by Crippen LogP contribution is -2.01. The van der Waals surface area contributed by atoms with Crippen molar-refractivity contribution in [3.8, 4) is 0 Å². The maximum atomic E-state index is 12.6. The second-order valence-corrected chi connectivity index (χ2v) is 12.0. The lowest BCUT2D eigenvalue weighted by atomic mass is 10.2. The van der Waals surface area contributed by atoms with Gasteiger partial charge in [-0.1, -0.05) is 72.8 Å². The molecule has 0 aliphatic carbocycles. The van der Waals surface area contributed by atoms with Crippen LogP contribution in [-0.4, -0.2) is 12.6 Å². The van der Waals surface area contributed by atoms with Gasteiger partial charge in [0.1, 0.15) is 0 Å². The predicted octanol–water partition coefficient (Wildman–Crippen LogP) is 4.35. The number of rotatable bonds is 0. The first kappa shape index (κ1) is 21.3. The predicted molar refractivity (Wildman–Crippen MR) is 126 cm³/mol. The second-order valence-electron chi connectivity index (χ2n) is 7.63. The fourth-order valence-corrected chi connectivity index (χ4v) is 7.16. The molecule has 0 amide bonds. The Hall–Kier alpha value is -1.89. The molecule has 156 valence electrons. The number of hydrogen-bond acceptors (Lipinski definition) is 3. The van der Waals surface area contributed by atoms with Crippen molar-refractivity contribution in [3.63, 3.8) is 0 Å². The van der Waals surface area contributed by atoms with Crippen molar-refractivity contribution < 1.29 is 12.6 Å². The first-order valence-electron chi connectivity index (χ1n) is 9.82. The molecule has 0 saturated heterocycles. The van der Waals surface area contributed by atoms with Crippen LogP contribution in [0.25, 0.3) is 0 Å². The van der Waals surface area contributed by atoms with Gasteiger partial charge in [-0.3, -0.25) is 12.6 Å². The van der Waals surface area contributed by atoms with E-state index in [4.69, 9.17) is 0 Å². The molecule has 6 heteroatoms. The SMILES string of the molecule is O=S1Cc2ccc(cc2)CS(=O)Cc2ccc(cc2)CS(=O)Cc2ccc(cc2)C1.